The zero-order valence-electron chi connectivity index (χ0n) is 10.7. The Morgan fingerprint density at radius 3 is 2.44 bits per heavy atom. The second-order valence-corrected chi connectivity index (χ2v) is 5.11. The summed E-state index contributed by atoms with van der Waals surface area (Å²) in [6.45, 7) is 0.471. The van der Waals surface area contributed by atoms with Gasteiger partial charge in [0.15, 0.2) is 0 Å². The van der Waals surface area contributed by atoms with E-state index in [0.717, 1.165) is 32.1 Å². The minimum Gasteiger partial charge on any atom is -0.481 e. The summed E-state index contributed by atoms with van der Waals surface area (Å²) in [6.07, 6.45) is 10.9. The Morgan fingerprint density at radius 2 is 1.89 bits per heavy atom. The van der Waals surface area contributed by atoms with Crippen LogP contribution in [0.4, 0.5) is 0 Å². The van der Waals surface area contributed by atoms with E-state index in [4.69, 9.17) is 11.5 Å². The van der Waals surface area contributed by atoms with E-state index >= 15 is 0 Å². The molecule has 0 spiro atoms. The molecule has 0 aromatic heterocycles. The SMILES string of the molecule is C#CCCNC(=O)CC1(CC(=O)O)CCCCC1. The predicted octanol–water partition coefficient (Wildman–Crippen LogP) is 1.94. The molecule has 4 nitrogen and oxygen atoms in total. The van der Waals surface area contributed by atoms with Gasteiger partial charge in [0.1, 0.15) is 0 Å². The van der Waals surface area contributed by atoms with E-state index in [9.17, 15) is 9.59 Å². The zero-order chi connectivity index (χ0) is 13.4. The molecule has 0 aliphatic heterocycles. The summed E-state index contributed by atoms with van der Waals surface area (Å²) in [4.78, 5) is 22.8. The van der Waals surface area contributed by atoms with Gasteiger partial charge >= 0.3 is 5.97 Å². The van der Waals surface area contributed by atoms with E-state index in [1.165, 1.54) is 0 Å². The van der Waals surface area contributed by atoms with Crippen molar-refractivity contribution < 1.29 is 14.7 Å². The maximum atomic E-state index is 11.8. The highest BCUT2D eigenvalue weighted by atomic mass is 16.4. The minimum absolute atomic E-state index is 0.0756. The average Bonchev–Trinajstić information content (AvgIpc) is 2.29. The zero-order valence-corrected chi connectivity index (χ0v) is 10.7. The van der Waals surface area contributed by atoms with Crippen molar-refractivity contribution in [2.75, 3.05) is 6.54 Å². The molecule has 0 saturated heterocycles. The lowest BCUT2D eigenvalue weighted by atomic mass is 9.69. The van der Waals surface area contributed by atoms with Crippen molar-refractivity contribution >= 4 is 11.9 Å². The van der Waals surface area contributed by atoms with Crippen molar-refractivity contribution in [3.8, 4) is 12.3 Å². The van der Waals surface area contributed by atoms with Crippen LogP contribution in [0.1, 0.15) is 51.4 Å². The van der Waals surface area contributed by atoms with Crippen molar-refractivity contribution in [3.05, 3.63) is 0 Å². The number of carbonyl (C=O) groups excluding carboxylic acids is 1. The van der Waals surface area contributed by atoms with Gasteiger partial charge in [-0.25, -0.2) is 0 Å². The van der Waals surface area contributed by atoms with Crippen molar-refractivity contribution in [1.29, 1.82) is 0 Å². The predicted molar refractivity (Wildman–Crippen MR) is 68.8 cm³/mol. The maximum Gasteiger partial charge on any atom is 0.303 e. The number of carbonyl (C=O) groups is 2. The molecule has 4 heteroatoms. The molecule has 0 bridgehead atoms. The summed E-state index contributed by atoms with van der Waals surface area (Å²) < 4.78 is 0. The van der Waals surface area contributed by atoms with Crippen molar-refractivity contribution in [2.24, 2.45) is 5.41 Å². The Balaban J connectivity index is 2.52. The number of nitrogens with one attached hydrogen (secondary N) is 1. The average molecular weight is 251 g/mol. The van der Waals surface area contributed by atoms with Crippen molar-refractivity contribution in [1.82, 2.24) is 5.32 Å². The highest BCUT2D eigenvalue weighted by Gasteiger charge is 2.36. The number of terminal acetylenes is 1. The van der Waals surface area contributed by atoms with Crippen LogP contribution in [0.3, 0.4) is 0 Å². The first-order valence-electron chi connectivity index (χ1n) is 6.50. The fourth-order valence-electron chi connectivity index (χ4n) is 2.72. The topological polar surface area (TPSA) is 66.4 Å². The number of carboxylic acids is 1. The molecular formula is C14H21NO3. The number of rotatable bonds is 6. The fraction of sp³-hybridized carbons (Fsp3) is 0.714. The maximum absolute atomic E-state index is 11.8. The van der Waals surface area contributed by atoms with E-state index in [1.807, 2.05) is 0 Å². The van der Waals surface area contributed by atoms with Gasteiger partial charge < -0.3 is 10.4 Å². The molecule has 0 heterocycles. The van der Waals surface area contributed by atoms with Gasteiger partial charge in [-0.2, -0.15) is 0 Å². The van der Waals surface area contributed by atoms with Gasteiger partial charge in [-0.3, -0.25) is 9.59 Å². The van der Waals surface area contributed by atoms with E-state index in [0.29, 0.717) is 19.4 Å². The van der Waals surface area contributed by atoms with Gasteiger partial charge in [0, 0.05) is 19.4 Å². The van der Waals surface area contributed by atoms with Crippen LogP contribution in [0.2, 0.25) is 0 Å². The van der Waals surface area contributed by atoms with Gasteiger partial charge in [0.25, 0.3) is 0 Å². The molecule has 18 heavy (non-hydrogen) atoms. The van der Waals surface area contributed by atoms with Crippen LogP contribution in [-0.4, -0.2) is 23.5 Å². The van der Waals surface area contributed by atoms with Crippen LogP contribution in [0.15, 0.2) is 0 Å². The molecule has 0 radical (unpaired) electrons. The third kappa shape index (κ3) is 4.79. The van der Waals surface area contributed by atoms with Crippen LogP contribution >= 0.6 is 0 Å². The third-order valence-corrected chi connectivity index (χ3v) is 3.57. The summed E-state index contributed by atoms with van der Waals surface area (Å²) in [5, 5.41) is 11.8. The lowest BCUT2D eigenvalue weighted by molar-refractivity contribution is -0.141. The van der Waals surface area contributed by atoms with Gasteiger partial charge in [-0.15, -0.1) is 12.3 Å². The monoisotopic (exact) mass is 251 g/mol. The van der Waals surface area contributed by atoms with Crippen LogP contribution < -0.4 is 5.32 Å². The second-order valence-electron chi connectivity index (χ2n) is 5.11. The molecule has 0 atom stereocenters. The Morgan fingerprint density at radius 1 is 1.22 bits per heavy atom. The molecule has 100 valence electrons. The second kappa shape index (κ2) is 7.05. The summed E-state index contributed by atoms with van der Waals surface area (Å²) >= 11 is 0. The Bertz CT molecular complexity index is 337. The Labute approximate surface area is 108 Å². The number of hydrogen-bond donors (Lipinski definition) is 2. The van der Waals surface area contributed by atoms with E-state index in [2.05, 4.69) is 11.2 Å². The van der Waals surface area contributed by atoms with Crippen LogP contribution in [0, 0.1) is 17.8 Å². The highest BCUT2D eigenvalue weighted by molar-refractivity contribution is 5.78. The molecule has 1 fully saturated rings. The summed E-state index contributed by atoms with van der Waals surface area (Å²) in [5.41, 5.74) is -0.343. The molecule has 1 amide bonds. The number of hydrogen-bond acceptors (Lipinski definition) is 2. The lowest BCUT2D eigenvalue weighted by Crippen LogP contribution is -2.35. The molecule has 1 saturated carbocycles. The van der Waals surface area contributed by atoms with Gasteiger partial charge in [-0.1, -0.05) is 19.3 Å². The number of carboxylic acid groups (broad SMARTS) is 1. The van der Waals surface area contributed by atoms with Crippen molar-refractivity contribution in [2.45, 2.75) is 51.4 Å². The van der Waals surface area contributed by atoms with Crippen LogP contribution in [0.5, 0.6) is 0 Å². The number of aliphatic carboxylic acids is 1. The standard InChI is InChI=1S/C14H21NO3/c1-2-3-9-15-12(16)10-14(11-13(17)18)7-5-4-6-8-14/h1H,3-11H2,(H,15,16)(H,17,18). The van der Waals surface area contributed by atoms with E-state index in [-0.39, 0.29) is 17.7 Å². The van der Waals surface area contributed by atoms with Gasteiger partial charge in [-0.05, 0) is 18.3 Å². The van der Waals surface area contributed by atoms with Crippen LogP contribution in [0.25, 0.3) is 0 Å². The van der Waals surface area contributed by atoms with Gasteiger partial charge in [0.05, 0.1) is 6.42 Å². The van der Waals surface area contributed by atoms with E-state index in [1.54, 1.807) is 0 Å². The van der Waals surface area contributed by atoms with Crippen LogP contribution in [-0.2, 0) is 9.59 Å². The van der Waals surface area contributed by atoms with Crippen molar-refractivity contribution in [3.63, 3.8) is 0 Å². The normalized spacial score (nSPS) is 17.7. The quantitative estimate of drug-likeness (QED) is 0.560. The molecule has 2 N–H and O–H groups in total. The molecule has 1 aliphatic carbocycles. The Hall–Kier alpha value is -1.50. The fourth-order valence-corrected chi connectivity index (χ4v) is 2.72. The molecule has 0 aromatic rings. The number of amides is 1. The Kier molecular flexibility index (Phi) is 5.70. The highest BCUT2D eigenvalue weighted by Crippen LogP contribution is 2.42. The van der Waals surface area contributed by atoms with E-state index < -0.39 is 5.97 Å². The molecule has 1 rings (SSSR count). The smallest absolute Gasteiger partial charge is 0.303 e. The first kappa shape index (κ1) is 14.6. The minimum atomic E-state index is -0.812. The molecular weight excluding hydrogens is 230 g/mol. The molecule has 0 unspecified atom stereocenters. The lowest BCUT2D eigenvalue weighted by Gasteiger charge is -2.35. The first-order valence-corrected chi connectivity index (χ1v) is 6.50. The summed E-state index contributed by atoms with van der Waals surface area (Å²) in [7, 11) is 0. The van der Waals surface area contributed by atoms with Gasteiger partial charge in [0.2, 0.25) is 5.91 Å². The largest absolute Gasteiger partial charge is 0.481 e. The molecule has 1 aliphatic rings. The molecule has 0 aromatic carbocycles. The summed E-state index contributed by atoms with van der Waals surface area (Å²) in [6, 6.07) is 0. The summed E-state index contributed by atoms with van der Waals surface area (Å²) in [5.74, 6) is 1.57. The third-order valence-electron chi connectivity index (χ3n) is 3.57. The first-order chi connectivity index (χ1) is 8.58.